The van der Waals surface area contributed by atoms with E-state index in [-0.39, 0.29) is 0 Å². The van der Waals surface area contributed by atoms with E-state index in [1.807, 2.05) is 6.07 Å². The van der Waals surface area contributed by atoms with Crippen LogP contribution in [0.4, 0.5) is 5.13 Å². The molecule has 4 heterocycles. The number of fused-ring (bicyclic) bond motifs is 3. The van der Waals surface area contributed by atoms with Gasteiger partial charge < -0.3 is 9.42 Å². The molecule has 2 aromatic carbocycles. The molecule has 0 spiro atoms. The van der Waals surface area contributed by atoms with E-state index in [1.54, 1.807) is 54.9 Å². The topological polar surface area (TPSA) is 109 Å². The first-order valence-corrected chi connectivity index (χ1v) is 17.4. The summed E-state index contributed by atoms with van der Waals surface area (Å²) in [7, 11) is -1.56. The lowest BCUT2D eigenvalue weighted by molar-refractivity contribution is 0.0981. The van der Waals surface area contributed by atoms with Crippen molar-refractivity contribution >= 4 is 65.8 Å². The molecule has 2 bridgehead atoms. The second kappa shape index (κ2) is 10.7. The summed E-state index contributed by atoms with van der Waals surface area (Å²) >= 11 is 14.5. The fraction of sp³-hybridized carbons (Fsp3) is 0.433. The van der Waals surface area contributed by atoms with Crippen LogP contribution < -0.4 is 9.62 Å². The lowest BCUT2D eigenvalue weighted by atomic mass is 9.96. The highest BCUT2D eigenvalue weighted by atomic mass is 35.5. The van der Waals surface area contributed by atoms with Crippen LogP contribution in [0.25, 0.3) is 21.5 Å². The zero-order valence-corrected chi connectivity index (χ0v) is 26.9. The molecule has 9 nitrogen and oxygen atoms in total. The fourth-order valence-electron chi connectivity index (χ4n) is 6.43. The standard InChI is InChI=1S/C30H31Cl2N5O4S2/c1-30(10-11-30)43(39,40)35-28(38)17-6-9-24-25(12-17)42-29(33-24)37-19-7-8-20(37)14-21(13-19)36(2)15-18-16-41-34-27(18)26-22(31)4-3-5-23(26)32/h3-6,9,12,16,19-21H,7-8,10-11,13-15H2,1-2H3,(H,35,38). The minimum atomic E-state index is -3.70. The number of sulfonamides is 1. The molecule has 2 atom stereocenters. The average Bonchev–Trinajstić information content (AvgIpc) is 3.26. The summed E-state index contributed by atoms with van der Waals surface area (Å²) in [4.78, 5) is 22.6. The number of rotatable bonds is 8. The van der Waals surface area contributed by atoms with Crippen molar-refractivity contribution in [3.63, 3.8) is 0 Å². The Morgan fingerprint density at radius 3 is 2.53 bits per heavy atom. The van der Waals surface area contributed by atoms with Gasteiger partial charge in [-0.1, -0.05) is 45.8 Å². The number of nitrogens with one attached hydrogen (secondary N) is 1. The summed E-state index contributed by atoms with van der Waals surface area (Å²) in [6.45, 7) is 2.32. The maximum Gasteiger partial charge on any atom is 0.264 e. The van der Waals surface area contributed by atoms with Crippen molar-refractivity contribution in [3.05, 3.63) is 63.8 Å². The third-order valence-corrected chi connectivity index (χ3v) is 13.1. The van der Waals surface area contributed by atoms with Gasteiger partial charge in [-0.25, -0.2) is 18.1 Å². The number of nitrogens with zero attached hydrogens (tertiary/aromatic N) is 4. The van der Waals surface area contributed by atoms with Crippen molar-refractivity contribution in [3.8, 4) is 11.3 Å². The van der Waals surface area contributed by atoms with Gasteiger partial charge in [0.1, 0.15) is 12.0 Å². The number of piperidine rings is 1. The molecule has 2 unspecified atom stereocenters. The third kappa shape index (κ3) is 5.22. The monoisotopic (exact) mass is 659 g/mol. The summed E-state index contributed by atoms with van der Waals surface area (Å²) in [6, 6.07) is 11.7. The number of amides is 1. The Morgan fingerprint density at radius 2 is 1.86 bits per heavy atom. The van der Waals surface area contributed by atoms with Crippen LogP contribution in [-0.2, 0) is 16.6 Å². The molecule has 2 saturated heterocycles. The first-order chi connectivity index (χ1) is 20.5. The highest BCUT2D eigenvalue weighted by Crippen LogP contribution is 2.44. The van der Waals surface area contributed by atoms with E-state index in [2.05, 4.69) is 26.7 Å². The predicted molar refractivity (Wildman–Crippen MR) is 169 cm³/mol. The van der Waals surface area contributed by atoms with Gasteiger partial charge in [0.25, 0.3) is 5.91 Å². The van der Waals surface area contributed by atoms with Gasteiger partial charge in [0.05, 0.1) is 25.0 Å². The number of carbonyl (C=O) groups excluding carboxylic acids is 1. The number of hydrogen-bond donors (Lipinski definition) is 1. The van der Waals surface area contributed by atoms with E-state index in [4.69, 9.17) is 32.7 Å². The fourth-order valence-corrected chi connectivity index (χ4v) is 9.40. The maximum absolute atomic E-state index is 12.8. The van der Waals surface area contributed by atoms with E-state index in [1.165, 1.54) is 0 Å². The zero-order chi connectivity index (χ0) is 30.1. The quantitative estimate of drug-likeness (QED) is 0.228. The SMILES string of the molecule is CN(Cc1conc1-c1c(Cl)cccc1Cl)C1CC2CCC(C1)N2c1nc2ccc(C(=O)NS(=O)(=O)C3(C)CC3)cc2s1. The van der Waals surface area contributed by atoms with Gasteiger partial charge >= 0.3 is 0 Å². The molecule has 2 aromatic heterocycles. The van der Waals surface area contributed by atoms with Gasteiger partial charge in [0, 0.05) is 41.4 Å². The molecule has 43 heavy (non-hydrogen) atoms. The van der Waals surface area contributed by atoms with Gasteiger partial charge in [0.2, 0.25) is 10.0 Å². The summed E-state index contributed by atoms with van der Waals surface area (Å²) < 4.78 is 32.8. The summed E-state index contributed by atoms with van der Waals surface area (Å²) in [5.74, 6) is -0.596. The van der Waals surface area contributed by atoms with E-state index < -0.39 is 20.7 Å². The van der Waals surface area contributed by atoms with Gasteiger partial charge in [-0.15, -0.1) is 0 Å². The van der Waals surface area contributed by atoms with Crippen LogP contribution >= 0.6 is 34.5 Å². The van der Waals surface area contributed by atoms with Crippen LogP contribution in [0.3, 0.4) is 0 Å². The van der Waals surface area contributed by atoms with Crippen LogP contribution in [0.2, 0.25) is 10.0 Å². The zero-order valence-electron chi connectivity index (χ0n) is 23.7. The van der Waals surface area contributed by atoms with Gasteiger partial charge in [-0.2, -0.15) is 0 Å². The number of anilines is 1. The van der Waals surface area contributed by atoms with E-state index in [0.29, 0.717) is 64.4 Å². The van der Waals surface area contributed by atoms with E-state index in [0.717, 1.165) is 46.6 Å². The molecule has 2 aliphatic heterocycles. The Hall–Kier alpha value is -2.70. The lowest BCUT2D eigenvalue weighted by Crippen LogP contribution is -2.49. The number of thiazole rings is 1. The Morgan fingerprint density at radius 1 is 1.16 bits per heavy atom. The second-order valence-electron chi connectivity index (χ2n) is 12.2. The largest absolute Gasteiger partial charge is 0.364 e. The molecule has 1 N–H and O–H groups in total. The van der Waals surface area contributed by atoms with Crippen molar-refractivity contribution in [2.24, 2.45) is 0 Å². The smallest absolute Gasteiger partial charge is 0.264 e. The van der Waals surface area contributed by atoms with Crippen LogP contribution in [0, 0.1) is 0 Å². The van der Waals surface area contributed by atoms with Crippen LogP contribution in [-0.4, -0.2) is 59.3 Å². The van der Waals surface area contributed by atoms with Crippen molar-refractivity contribution in [1.29, 1.82) is 0 Å². The first kappa shape index (κ1) is 29.0. The van der Waals surface area contributed by atoms with Crippen molar-refractivity contribution in [2.75, 3.05) is 11.9 Å². The van der Waals surface area contributed by atoms with Crippen LogP contribution in [0.1, 0.15) is 61.4 Å². The van der Waals surface area contributed by atoms with Crippen LogP contribution in [0.5, 0.6) is 0 Å². The molecule has 0 radical (unpaired) electrons. The van der Waals surface area contributed by atoms with Crippen LogP contribution in [0.15, 0.2) is 47.2 Å². The number of benzene rings is 2. The second-order valence-corrected chi connectivity index (χ2v) is 16.2. The molecule has 3 aliphatic rings. The van der Waals surface area contributed by atoms with Gasteiger partial charge in [-0.3, -0.25) is 9.69 Å². The Kier molecular flexibility index (Phi) is 7.25. The Labute approximate surface area is 264 Å². The van der Waals surface area contributed by atoms with E-state index in [9.17, 15) is 13.2 Å². The first-order valence-electron chi connectivity index (χ1n) is 14.4. The van der Waals surface area contributed by atoms with Crippen molar-refractivity contribution < 1.29 is 17.7 Å². The number of halogens is 2. The molecule has 1 saturated carbocycles. The molecule has 1 aliphatic carbocycles. The lowest BCUT2D eigenvalue weighted by Gasteiger charge is -2.42. The summed E-state index contributed by atoms with van der Waals surface area (Å²) in [5.41, 5.74) is 3.44. The average molecular weight is 661 g/mol. The molecule has 4 aromatic rings. The summed E-state index contributed by atoms with van der Waals surface area (Å²) in [6.07, 6.45) is 7.02. The highest BCUT2D eigenvalue weighted by Gasteiger charge is 2.51. The molecule has 1 amide bonds. The van der Waals surface area contributed by atoms with Gasteiger partial charge in [-0.05, 0) is 82.8 Å². The van der Waals surface area contributed by atoms with Crippen molar-refractivity contribution in [2.45, 2.75) is 74.9 Å². The minimum absolute atomic E-state index is 0.324. The third-order valence-electron chi connectivity index (χ3n) is 9.28. The van der Waals surface area contributed by atoms with E-state index >= 15 is 0 Å². The molecular weight excluding hydrogens is 629 g/mol. The minimum Gasteiger partial charge on any atom is -0.364 e. The summed E-state index contributed by atoms with van der Waals surface area (Å²) in [5, 5.41) is 6.26. The number of aromatic nitrogens is 2. The maximum atomic E-state index is 12.8. The Bertz CT molecular complexity index is 1800. The van der Waals surface area contributed by atoms with Gasteiger partial charge in [0.15, 0.2) is 5.13 Å². The Balaban J connectivity index is 1.05. The molecule has 226 valence electrons. The molecular formula is C30H31Cl2N5O4S2. The predicted octanol–water partition coefficient (Wildman–Crippen LogP) is 6.50. The van der Waals surface area contributed by atoms with Crippen molar-refractivity contribution in [1.82, 2.24) is 19.8 Å². The molecule has 13 heteroatoms. The molecule has 7 rings (SSSR count). The number of carbonyl (C=O) groups is 1. The number of hydrogen-bond acceptors (Lipinski definition) is 9. The molecule has 3 fully saturated rings. The normalized spacial score (nSPS) is 22.8. The highest BCUT2D eigenvalue weighted by molar-refractivity contribution is 7.91.